The molecule has 1 aromatic rings. The smallest absolute Gasteiger partial charge is 0.279 e. The molecule has 0 radical (unpaired) electrons. The zero-order chi connectivity index (χ0) is 10.9. The predicted octanol–water partition coefficient (Wildman–Crippen LogP) is -1.02. The maximum atomic E-state index is 9.18. The summed E-state index contributed by atoms with van der Waals surface area (Å²) in [5.41, 5.74) is -0.268. The van der Waals surface area contributed by atoms with Gasteiger partial charge in [0.05, 0.1) is 6.42 Å². The van der Waals surface area contributed by atoms with Gasteiger partial charge in [0.1, 0.15) is 17.2 Å². The normalized spacial score (nSPS) is 11.6. The molecule has 0 saturated heterocycles. The zero-order valence-corrected chi connectivity index (χ0v) is 7.05. The van der Waals surface area contributed by atoms with E-state index in [0.717, 1.165) is 12.1 Å². The van der Waals surface area contributed by atoms with Crippen LogP contribution in [0.1, 0.15) is 5.56 Å². The standard InChI is InChI=1S/C8H10O6/c9-4-1-6(10)5(7(11)2-4)3-8(12,13)14/h1-2,9-14H,3H2. The van der Waals surface area contributed by atoms with Crippen molar-refractivity contribution in [1.29, 1.82) is 0 Å². The molecule has 0 aliphatic heterocycles. The van der Waals surface area contributed by atoms with E-state index in [9.17, 15) is 10.2 Å². The minimum atomic E-state index is -3.02. The Morgan fingerprint density at radius 1 is 0.929 bits per heavy atom. The Morgan fingerprint density at radius 3 is 1.71 bits per heavy atom. The van der Waals surface area contributed by atoms with E-state index in [4.69, 9.17) is 20.4 Å². The first-order valence-corrected chi connectivity index (χ1v) is 3.70. The number of phenolic OH excluding ortho intramolecular Hbond substituents is 3. The van der Waals surface area contributed by atoms with Crippen LogP contribution in [0.2, 0.25) is 0 Å². The van der Waals surface area contributed by atoms with Crippen LogP contribution in [0, 0.1) is 0 Å². The molecule has 14 heavy (non-hydrogen) atoms. The molecule has 0 fully saturated rings. The number of aromatic hydroxyl groups is 3. The summed E-state index contributed by atoms with van der Waals surface area (Å²) < 4.78 is 0. The molecule has 0 bridgehead atoms. The second-order valence-corrected chi connectivity index (χ2v) is 2.91. The van der Waals surface area contributed by atoms with Crippen molar-refractivity contribution in [3.05, 3.63) is 17.7 Å². The van der Waals surface area contributed by atoms with Crippen LogP contribution in [0.4, 0.5) is 0 Å². The lowest BCUT2D eigenvalue weighted by molar-refractivity contribution is -0.309. The number of aliphatic hydroxyl groups is 3. The van der Waals surface area contributed by atoms with Crippen LogP contribution < -0.4 is 0 Å². The fraction of sp³-hybridized carbons (Fsp3) is 0.250. The van der Waals surface area contributed by atoms with Gasteiger partial charge >= 0.3 is 0 Å². The predicted molar refractivity (Wildman–Crippen MR) is 44.5 cm³/mol. The number of hydrogen-bond donors (Lipinski definition) is 6. The van der Waals surface area contributed by atoms with Crippen molar-refractivity contribution in [2.45, 2.75) is 12.4 Å². The Bertz CT molecular complexity index is 317. The highest BCUT2D eigenvalue weighted by Crippen LogP contribution is 2.33. The molecule has 0 unspecified atom stereocenters. The van der Waals surface area contributed by atoms with Crippen LogP contribution in [0.15, 0.2) is 12.1 Å². The van der Waals surface area contributed by atoms with Crippen LogP contribution >= 0.6 is 0 Å². The van der Waals surface area contributed by atoms with Crippen molar-refractivity contribution in [2.24, 2.45) is 0 Å². The van der Waals surface area contributed by atoms with Crippen molar-refractivity contribution in [3.8, 4) is 17.2 Å². The van der Waals surface area contributed by atoms with Crippen LogP contribution in [-0.4, -0.2) is 36.6 Å². The Balaban J connectivity index is 3.09. The number of benzene rings is 1. The minimum Gasteiger partial charge on any atom is -0.508 e. The van der Waals surface area contributed by atoms with E-state index in [0.29, 0.717) is 0 Å². The quantitative estimate of drug-likeness (QED) is 0.341. The van der Waals surface area contributed by atoms with Crippen molar-refractivity contribution < 1.29 is 30.6 Å². The number of hydrogen-bond acceptors (Lipinski definition) is 6. The minimum absolute atomic E-state index is 0.268. The fourth-order valence-corrected chi connectivity index (χ4v) is 1.05. The van der Waals surface area contributed by atoms with Crippen molar-refractivity contribution in [2.75, 3.05) is 0 Å². The lowest BCUT2D eigenvalue weighted by atomic mass is 10.1. The van der Waals surface area contributed by atoms with Crippen LogP contribution in [0.3, 0.4) is 0 Å². The summed E-state index contributed by atoms with van der Waals surface area (Å²) in [6, 6.07) is 1.81. The summed E-state index contributed by atoms with van der Waals surface area (Å²) in [6.45, 7) is 0. The van der Waals surface area contributed by atoms with Crippen molar-refractivity contribution >= 4 is 0 Å². The molecule has 1 rings (SSSR count). The largest absolute Gasteiger partial charge is 0.508 e. The molecule has 6 heteroatoms. The van der Waals surface area contributed by atoms with Gasteiger partial charge < -0.3 is 30.6 Å². The highest BCUT2D eigenvalue weighted by Gasteiger charge is 2.23. The molecule has 0 saturated carbocycles. The van der Waals surface area contributed by atoms with E-state index in [1.54, 1.807) is 0 Å². The molecule has 0 atom stereocenters. The van der Waals surface area contributed by atoms with Crippen LogP contribution in [0.5, 0.6) is 17.2 Å². The van der Waals surface area contributed by atoms with Gasteiger partial charge in [-0.1, -0.05) is 0 Å². The molecular weight excluding hydrogens is 192 g/mol. The van der Waals surface area contributed by atoms with Gasteiger partial charge in [-0.05, 0) is 0 Å². The Morgan fingerprint density at radius 2 is 1.36 bits per heavy atom. The third-order valence-electron chi connectivity index (χ3n) is 1.60. The van der Waals surface area contributed by atoms with Gasteiger partial charge in [0.25, 0.3) is 5.97 Å². The van der Waals surface area contributed by atoms with Gasteiger partial charge in [-0.15, -0.1) is 0 Å². The molecule has 0 amide bonds. The number of rotatable bonds is 2. The molecule has 6 nitrogen and oxygen atoms in total. The first-order valence-electron chi connectivity index (χ1n) is 3.70. The summed E-state index contributed by atoms with van der Waals surface area (Å²) in [7, 11) is 0. The SMILES string of the molecule is Oc1cc(O)c(CC(O)(O)O)c(O)c1. The summed E-state index contributed by atoms with van der Waals surface area (Å²) in [6.07, 6.45) is -0.773. The Kier molecular flexibility index (Phi) is 2.52. The van der Waals surface area contributed by atoms with E-state index in [1.807, 2.05) is 0 Å². The molecule has 0 heterocycles. The average molecular weight is 202 g/mol. The molecule has 0 spiro atoms. The first-order chi connectivity index (χ1) is 6.29. The molecule has 1 aromatic carbocycles. The summed E-state index contributed by atoms with van der Waals surface area (Å²) in [5, 5.41) is 53.1. The van der Waals surface area contributed by atoms with Crippen molar-refractivity contribution in [1.82, 2.24) is 0 Å². The summed E-state index contributed by atoms with van der Waals surface area (Å²) in [4.78, 5) is 0. The molecule has 0 aliphatic rings. The van der Waals surface area contributed by atoms with Crippen molar-refractivity contribution in [3.63, 3.8) is 0 Å². The van der Waals surface area contributed by atoms with Gasteiger partial charge in [-0.2, -0.15) is 0 Å². The van der Waals surface area contributed by atoms with E-state index < -0.39 is 23.9 Å². The molecule has 0 aromatic heterocycles. The third-order valence-corrected chi connectivity index (χ3v) is 1.60. The molecule has 6 N–H and O–H groups in total. The van der Waals surface area contributed by atoms with Gasteiger partial charge in [0.15, 0.2) is 0 Å². The first kappa shape index (κ1) is 10.6. The van der Waals surface area contributed by atoms with E-state index >= 15 is 0 Å². The van der Waals surface area contributed by atoms with Crippen LogP contribution in [-0.2, 0) is 6.42 Å². The second kappa shape index (κ2) is 3.33. The maximum Gasteiger partial charge on any atom is 0.279 e. The second-order valence-electron chi connectivity index (χ2n) is 2.91. The van der Waals surface area contributed by atoms with E-state index in [1.165, 1.54) is 0 Å². The Hall–Kier alpha value is -1.50. The average Bonchev–Trinajstić information content (AvgIpc) is 1.95. The third kappa shape index (κ3) is 2.49. The summed E-state index contributed by atoms with van der Waals surface area (Å²) >= 11 is 0. The van der Waals surface area contributed by atoms with Gasteiger partial charge in [-0.25, -0.2) is 0 Å². The van der Waals surface area contributed by atoms with Crippen LogP contribution in [0.25, 0.3) is 0 Å². The topological polar surface area (TPSA) is 121 Å². The monoisotopic (exact) mass is 202 g/mol. The summed E-state index contributed by atoms with van der Waals surface area (Å²) in [5.74, 6) is -4.47. The Labute approximate surface area is 78.9 Å². The number of phenols is 3. The zero-order valence-electron chi connectivity index (χ0n) is 7.05. The van der Waals surface area contributed by atoms with E-state index in [2.05, 4.69) is 0 Å². The molecule has 0 aliphatic carbocycles. The van der Waals surface area contributed by atoms with Gasteiger partial charge in [0, 0.05) is 17.7 Å². The lowest BCUT2D eigenvalue weighted by Gasteiger charge is -2.15. The maximum absolute atomic E-state index is 9.18. The fourth-order valence-electron chi connectivity index (χ4n) is 1.05. The lowest BCUT2D eigenvalue weighted by Crippen LogP contribution is -2.29. The highest BCUT2D eigenvalue weighted by atomic mass is 16.7. The highest BCUT2D eigenvalue weighted by molar-refractivity contribution is 5.48. The van der Waals surface area contributed by atoms with Gasteiger partial charge in [0.2, 0.25) is 0 Å². The molecule has 78 valence electrons. The molecular formula is C8H10O6. The van der Waals surface area contributed by atoms with E-state index in [-0.39, 0.29) is 11.3 Å². The van der Waals surface area contributed by atoms with Gasteiger partial charge in [-0.3, -0.25) is 0 Å².